The minimum Gasteiger partial charge on any atom is -0.394 e. The number of carbonyl (C=O) groups is 1. The van der Waals surface area contributed by atoms with Gasteiger partial charge in [0.1, 0.15) is 0 Å². The first-order valence-electron chi connectivity index (χ1n) is 9.50. The number of aliphatic hydroxyl groups excluding tert-OH is 1. The van der Waals surface area contributed by atoms with Gasteiger partial charge in [-0.3, -0.25) is 9.69 Å². The molecule has 1 aliphatic carbocycles. The first kappa shape index (κ1) is 18.2. The Morgan fingerprint density at radius 1 is 1.16 bits per heavy atom. The monoisotopic (exact) mass is 342 g/mol. The number of rotatable bonds is 5. The molecule has 0 atom stereocenters. The summed E-state index contributed by atoms with van der Waals surface area (Å²) in [7, 11) is 0. The number of likely N-dealkylation sites (tertiary alicyclic amines) is 1. The fourth-order valence-electron chi connectivity index (χ4n) is 3.98. The molecule has 25 heavy (non-hydrogen) atoms. The highest BCUT2D eigenvalue weighted by Crippen LogP contribution is 2.28. The van der Waals surface area contributed by atoms with Gasteiger partial charge in [-0.15, -0.1) is 0 Å². The second-order valence-electron chi connectivity index (χ2n) is 7.59. The van der Waals surface area contributed by atoms with Crippen LogP contribution in [-0.4, -0.2) is 41.1 Å². The highest BCUT2D eigenvalue weighted by Gasteiger charge is 2.36. The van der Waals surface area contributed by atoms with E-state index in [0.717, 1.165) is 50.9 Å². The van der Waals surface area contributed by atoms with Crippen molar-refractivity contribution in [3.63, 3.8) is 0 Å². The van der Waals surface area contributed by atoms with Crippen molar-refractivity contribution < 1.29 is 9.90 Å². The average molecular weight is 342 g/mol. The summed E-state index contributed by atoms with van der Waals surface area (Å²) < 4.78 is 0. The van der Waals surface area contributed by atoms with E-state index in [1.165, 1.54) is 24.0 Å². The minimum absolute atomic E-state index is 0.0144. The van der Waals surface area contributed by atoms with Crippen molar-refractivity contribution in [2.24, 2.45) is 0 Å². The zero-order valence-corrected chi connectivity index (χ0v) is 15.3. The maximum absolute atomic E-state index is 12.6. The van der Waals surface area contributed by atoms with Crippen LogP contribution in [0.15, 0.2) is 41.5 Å². The molecule has 0 spiro atoms. The lowest BCUT2D eigenvalue weighted by Crippen LogP contribution is -2.57. The zero-order valence-electron chi connectivity index (χ0n) is 15.3. The van der Waals surface area contributed by atoms with Gasteiger partial charge in [0, 0.05) is 25.2 Å². The van der Waals surface area contributed by atoms with Crippen LogP contribution >= 0.6 is 0 Å². The van der Waals surface area contributed by atoms with E-state index in [-0.39, 0.29) is 12.5 Å². The van der Waals surface area contributed by atoms with Gasteiger partial charge in [0.05, 0.1) is 12.1 Å². The van der Waals surface area contributed by atoms with Crippen LogP contribution in [0.2, 0.25) is 0 Å². The number of hydrogen-bond donors (Lipinski definition) is 2. The molecule has 1 aliphatic heterocycles. The standard InChI is InChI=1S/C21H30N2O2/c1-17(19-9-5-6-10-19)20(25)22-21(16-24)11-13-23(14-12-21)15-18-7-3-2-4-8-18/h2-4,7-8,24H,5-6,9-16H2,1H3,(H,22,25). The summed E-state index contributed by atoms with van der Waals surface area (Å²) in [6, 6.07) is 10.5. The first-order chi connectivity index (χ1) is 12.1. The molecule has 1 aromatic rings. The quantitative estimate of drug-likeness (QED) is 0.809. The lowest BCUT2D eigenvalue weighted by molar-refractivity contribution is -0.120. The zero-order chi connectivity index (χ0) is 17.7. The predicted octanol–water partition coefficient (Wildman–Crippen LogP) is 3.02. The summed E-state index contributed by atoms with van der Waals surface area (Å²) in [5.74, 6) is 0.0162. The summed E-state index contributed by atoms with van der Waals surface area (Å²) in [6.45, 7) is 4.67. The second kappa shape index (κ2) is 8.15. The van der Waals surface area contributed by atoms with Gasteiger partial charge in [-0.2, -0.15) is 0 Å². The molecule has 4 heteroatoms. The van der Waals surface area contributed by atoms with E-state index in [9.17, 15) is 9.90 Å². The van der Waals surface area contributed by atoms with Crippen molar-refractivity contribution >= 4 is 5.91 Å². The molecular formula is C21H30N2O2. The van der Waals surface area contributed by atoms with Gasteiger partial charge < -0.3 is 10.4 Å². The number of aliphatic hydroxyl groups is 1. The van der Waals surface area contributed by atoms with Crippen LogP contribution in [-0.2, 0) is 11.3 Å². The van der Waals surface area contributed by atoms with Gasteiger partial charge in [-0.25, -0.2) is 0 Å². The maximum Gasteiger partial charge on any atom is 0.247 e. The van der Waals surface area contributed by atoms with Crippen LogP contribution in [0.25, 0.3) is 0 Å². The molecule has 4 nitrogen and oxygen atoms in total. The molecule has 1 heterocycles. The normalized spacial score (nSPS) is 20.5. The van der Waals surface area contributed by atoms with Crippen molar-refractivity contribution in [2.75, 3.05) is 19.7 Å². The van der Waals surface area contributed by atoms with Crippen LogP contribution in [0.4, 0.5) is 0 Å². The summed E-state index contributed by atoms with van der Waals surface area (Å²) in [6.07, 6.45) is 6.08. The number of amides is 1. The number of carbonyl (C=O) groups excluding carboxylic acids is 1. The van der Waals surface area contributed by atoms with Crippen molar-refractivity contribution in [3.8, 4) is 0 Å². The molecule has 1 aromatic carbocycles. The third-order valence-electron chi connectivity index (χ3n) is 5.82. The molecular weight excluding hydrogens is 312 g/mol. The van der Waals surface area contributed by atoms with Gasteiger partial charge in [-0.05, 0) is 51.0 Å². The largest absolute Gasteiger partial charge is 0.394 e. The Hall–Kier alpha value is -1.65. The van der Waals surface area contributed by atoms with Gasteiger partial charge in [0.25, 0.3) is 0 Å². The molecule has 3 rings (SSSR count). The Morgan fingerprint density at radius 2 is 1.80 bits per heavy atom. The Labute approximate surface area is 150 Å². The molecule has 0 bridgehead atoms. The van der Waals surface area contributed by atoms with E-state index in [4.69, 9.17) is 0 Å². The fourth-order valence-corrected chi connectivity index (χ4v) is 3.98. The summed E-state index contributed by atoms with van der Waals surface area (Å²) in [5, 5.41) is 13.1. The van der Waals surface area contributed by atoms with E-state index in [1.807, 2.05) is 13.0 Å². The summed E-state index contributed by atoms with van der Waals surface area (Å²) in [4.78, 5) is 15.0. The number of nitrogens with one attached hydrogen (secondary N) is 1. The van der Waals surface area contributed by atoms with E-state index in [1.54, 1.807) is 0 Å². The predicted molar refractivity (Wildman–Crippen MR) is 100 cm³/mol. The van der Waals surface area contributed by atoms with E-state index < -0.39 is 5.54 Å². The number of benzene rings is 1. The van der Waals surface area contributed by atoms with Crippen LogP contribution in [0, 0.1) is 0 Å². The molecule has 2 N–H and O–H groups in total. The number of allylic oxidation sites excluding steroid dienone is 1. The SMILES string of the molecule is CC(C(=O)NC1(CO)CCN(Cc2ccccc2)CC1)=C1CCCC1. The molecule has 0 aromatic heterocycles. The van der Waals surface area contributed by atoms with Crippen LogP contribution in [0.3, 0.4) is 0 Å². The average Bonchev–Trinajstić information content (AvgIpc) is 3.18. The molecule has 1 saturated heterocycles. The number of piperidine rings is 1. The molecule has 2 fully saturated rings. The Kier molecular flexibility index (Phi) is 5.92. The molecule has 2 aliphatic rings. The van der Waals surface area contributed by atoms with Crippen molar-refractivity contribution in [1.29, 1.82) is 0 Å². The molecule has 1 amide bonds. The topological polar surface area (TPSA) is 52.6 Å². The Morgan fingerprint density at radius 3 is 2.40 bits per heavy atom. The molecule has 1 saturated carbocycles. The smallest absolute Gasteiger partial charge is 0.247 e. The van der Waals surface area contributed by atoms with Gasteiger partial charge in [0.2, 0.25) is 5.91 Å². The third kappa shape index (κ3) is 4.50. The number of hydrogen-bond acceptors (Lipinski definition) is 3. The molecule has 0 unspecified atom stereocenters. The van der Waals surface area contributed by atoms with Gasteiger partial charge in [0.15, 0.2) is 0 Å². The number of nitrogens with zero attached hydrogens (tertiary/aromatic N) is 1. The van der Waals surface area contributed by atoms with Crippen LogP contribution < -0.4 is 5.32 Å². The van der Waals surface area contributed by atoms with Crippen LogP contribution in [0.1, 0.15) is 51.0 Å². The van der Waals surface area contributed by atoms with E-state index in [2.05, 4.69) is 34.5 Å². The van der Waals surface area contributed by atoms with Crippen molar-refractivity contribution in [2.45, 2.75) is 57.5 Å². The third-order valence-corrected chi connectivity index (χ3v) is 5.82. The summed E-state index contributed by atoms with van der Waals surface area (Å²) >= 11 is 0. The van der Waals surface area contributed by atoms with Crippen molar-refractivity contribution in [3.05, 3.63) is 47.0 Å². The van der Waals surface area contributed by atoms with Crippen LogP contribution in [0.5, 0.6) is 0 Å². The highest BCUT2D eigenvalue weighted by molar-refractivity contribution is 5.94. The second-order valence-corrected chi connectivity index (χ2v) is 7.59. The Bertz CT molecular complexity index is 608. The van der Waals surface area contributed by atoms with Crippen molar-refractivity contribution in [1.82, 2.24) is 10.2 Å². The molecule has 136 valence electrons. The maximum atomic E-state index is 12.6. The highest BCUT2D eigenvalue weighted by atomic mass is 16.3. The molecule has 0 radical (unpaired) electrons. The van der Waals surface area contributed by atoms with Gasteiger partial charge in [-0.1, -0.05) is 35.9 Å². The van der Waals surface area contributed by atoms with E-state index >= 15 is 0 Å². The summed E-state index contributed by atoms with van der Waals surface area (Å²) in [5.41, 5.74) is 3.01. The van der Waals surface area contributed by atoms with E-state index in [0.29, 0.717) is 0 Å². The Balaban J connectivity index is 1.57. The lowest BCUT2D eigenvalue weighted by atomic mass is 9.87. The minimum atomic E-state index is -0.468. The lowest BCUT2D eigenvalue weighted by Gasteiger charge is -2.41. The first-order valence-corrected chi connectivity index (χ1v) is 9.50. The fraction of sp³-hybridized carbons (Fsp3) is 0.571. The van der Waals surface area contributed by atoms with Gasteiger partial charge >= 0.3 is 0 Å².